The normalized spacial score (nSPS) is 13.5. The molecule has 1 N–H and O–H groups in total. The highest BCUT2D eigenvalue weighted by atomic mass is 16.5. The van der Waals surface area contributed by atoms with Gasteiger partial charge in [-0.1, -0.05) is 24.3 Å². The summed E-state index contributed by atoms with van der Waals surface area (Å²) in [7, 11) is 3.03. The third kappa shape index (κ3) is 5.11. The molecule has 0 radical (unpaired) electrons. The SMILES string of the molecule is C=C1CCN(C(=O)c2ccc(OCC(=O)Nc3ccccc3OC)c(OC)c2)CC1. The topological polar surface area (TPSA) is 77.1 Å². The quantitative estimate of drug-likeness (QED) is 0.707. The standard InChI is InChI=1S/C23H26N2O5/c1-16-10-12-25(13-11-16)23(27)17-8-9-20(21(14-17)29-3)30-15-22(26)24-18-6-4-5-7-19(18)28-2/h4-9,14H,1,10-13,15H2,2-3H3,(H,24,26). The minimum Gasteiger partial charge on any atom is -0.495 e. The summed E-state index contributed by atoms with van der Waals surface area (Å²) >= 11 is 0. The Balaban J connectivity index is 1.63. The summed E-state index contributed by atoms with van der Waals surface area (Å²) in [4.78, 5) is 26.8. The van der Waals surface area contributed by atoms with Crippen LogP contribution in [0.2, 0.25) is 0 Å². The van der Waals surface area contributed by atoms with E-state index in [-0.39, 0.29) is 18.4 Å². The predicted molar refractivity (Wildman–Crippen MR) is 114 cm³/mol. The second-order valence-corrected chi connectivity index (χ2v) is 6.94. The Bertz CT molecular complexity index is 931. The van der Waals surface area contributed by atoms with Crippen LogP contribution in [-0.2, 0) is 4.79 Å². The summed E-state index contributed by atoms with van der Waals surface area (Å²) in [5.41, 5.74) is 2.25. The number of amides is 2. The molecule has 1 heterocycles. The second kappa shape index (κ2) is 9.82. The molecular formula is C23H26N2O5. The number of nitrogens with one attached hydrogen (secondary N) is 1. The number of benzene rings is 2. The molecule has 2 aromatic rings. The van der Waals surface area contributed by atoms with Crippen LogP contribution in [0.1, 0.15) is 23.2 Å². The molecule has 0 unspecified atom stereocenters. The van der Waals surface area contributed by atoms with Gasteiger partial charge in [0.05, 0.1) is 19.9 Å². The number of piperidine rings is 1. The van der Waals surface area contributed by atoms with Crippen molar-refractivity contribution in [2.75, 3.05) is 39.2 Å². The molecule has 7 heteroatoms. The molecule has 1 saturated heterocycles. The van der Waals surface area contributed by atoms with E-state index in [1.807, 2.05) is 11.0 Å². The third-order valence-corrected chi connectivity index (χ3v) is 4.91. The zero-order chi connectivity index (χ0) is 21.5. The largest absolute Gasteiger partial charge is 0.495 e. The van der Waals surface area contributed by atoms with Crippen LogP contribution in [0, 0.1) is 0 Å². The maximum absolute atomic E-state index is 12.7. The van der Waals surface area contributed by atoms with Gasteiger partial charge in [0.2, 0.25) is 0 Å². The molecule has 30 heavy (non-hydrogen) atoms. The minimum atomic E-state index is -0.338. The maximum atomic E-state index is 12.7. The van der Waals surface area contributed by atoms with Crippen LogP contribution in [0.4, 0.5) is 5.69 Å². The van der Waals surface area contributed by atoms with Crippen LogP contribution in [0.15, 0.2) is 54.6 Å². The predicted octanol–water partition coefficient (Wildman–Crippen LogP) is 3.51. The van der Waals surface area contributed by atoms with Gasteiger partial charge in [0.1, 0.15) is 5.75 Å². The van der Waals surface area contributed by atoms with Crippen molar-refractivity contribution in [2.45, 2.75) is 12.8 Å². The van der Waals surface area contributed by atoms with Crippen LogP contribution < -0.4 is 19.5 Å². The van der Waals surface area contributed by atoms with E-state index in [1.165, 1.54) is 19.8 Å². The van der Waals surface area contributed by atoms with Crippen molar-refractivity contribution in [3.05, 3.63) is 60.2 Å². The first-order valence-electron chi connectivity index (χ1n) is 9.71. The Kier molecular flexibility index (Phi) is 6.95. The smallest absolute Gasteiger partial charge is 0.262 e. The molecule has 0 spiro atoms. The molecule has 0 aliphatic carbocycles. The Morgan fingerprint density at radius 2 is 1.70 bits per heavy atom. The number of methoxy groups -OCH3 is 2. The molecular weight excluding hydrogens is 384 g/mol. The number of rotatable bonds is 7. The van der Waals surface area contributed by atoms with Gasteiger partial charge in [0.25, 0.3) is 11.8 Å². The molecule has 2 amide bonds. The summed E-state index contributed by atoms with van der Waals surface area (Å²) < 4.78 is 16.2. The number of para-hydroxylation sites is 2. The maximum Gasteiger partial charge on any atom is 0.262 e. The fourth-order valence-corrected chi connectivity index (χ4v) is 3.21. The highest BCUT2D eigenvalue weighted by molar-refractivity contribution is 5.95. The summed E-state index contributed by atoms with van der Waals surface area (Å²) in [6.45, 7) is 5.10. The van der Waals surface area contributed by atoms with Gasteiger partial charge in [-0.3, -0.25) is 9.59 Å². The lowest BCUT2D eigenvalue weighted by Crippen LogP contribution is -2.36. The summed E-state index contributed by atoms with van der Waals surface area (Å²) in [6, 6.07) is 12.1. The van der Waals surface area contributed by atoms with Gasteiger partial charge in [-0.15, -0.1) is 0 Å². The zero-order valence-electron chi connectivity index (χ0n) is 17.3. The summed E-state index contributed by atoms with van der Waals surface area (Å²) in [6.07, 6.45) is 1.65. The van der Waals surface area contributed by atoms with E-state index >= 15 is 0 Å². The van der Waals surface area contributed by atoms with Crippen molar-refractivity contribution in [1.82, 2.24) is 4.90 Å². The number of carbonyl (C=O) groups is 2. The van der Waals surface area contributed by atoms with E-state index in [9.17, 15) is 9.59 Å². The van der Waals surface area contributed by atoms with E-state index in [1.54, 1.807) is 36.4 Å². The molecule has 2 aromatic carbocycles. The minimum absolute atomic E-state index is 0.0544. The van der Waals surface area contributed by atoms with Gasteiger partial charge in [0, 0.05) is 18.7 Å². The van der Waals surface area contributed by atoms with Crippen LogP contribution in [0.25, 0.3) is 0 Å². The van der Waals surface area contributed by atoms with Crippen LogP contribution in [0.5, 0.6) is 17.2 Å². The first-order chi connectivity index (χ1) is 14.5. The molecule has 0 bridgehead atoms. The van der Waals surface area contributed by atoms with Gasteiger partial charge in [-0.2, -0.15) is 0 Å². The monoisotopic (exact) mass is 410 g/mol. The Hall–Kier alpha value is -3.48. The van der Waals surface area contributed by atoms with Crippen molar-refractivity contribution in [3.8, 4) is 17.2 Å². The van der Waals surface area contributed by atoms with Crippen LogP contribution in [-0.4, -0.2) is 50.6 Å². The van der Waals surface area contributed by atoms with Gasteiger partial charge in [0.15, 0.2) is 18.1 Å². The summed E-state index contributed by atoms with van der Waals surface area (Å²) in [5.74, 6) is 0.952. The fourth-order valence-electron chi connectivity index (χ4n) is 3.21. The number of nitrogens with zero attached hydrogens (tertiary/aromatic N) is 1. The molecule has 158 valence electrons. The first kappa shape index (κ1) is 21.2. The number of hydrogen-bond acceptors (Lipinski definition) is 5. The molecule has 1 aliphatic heterocycles. The average Bonchev–Trinajstić information content (AvgIpc) is 2.78. The van der Waals surface area contributed by atoms with Crippen molar-refractivity contribution in [1.29, 1.82) is 0 Å². The van der Waals surface area contributed by atoms with Crippen molar-refractivity contribution < 1.29 is 23.8 Å². The van der Waals surface area contributed by atoms with Crippen molar-refractivity contribution in [2.24, 2.45) is 0 Å². The van der Waals surface area contributed by atoms with E-state index in [4.69, 9.17) is 14.2 Å². The van der Waals surface area contributed by atoms with Crippen LogP contribution in [0.3, 0.4) is 0 Å². The number of ether oxygens (including phenoxy) is 3. The van der Waals surface area contributed by atoms with Crippen molar-refractivity contribution in [3.63, 3.8) is 0 Å². The molecule has 3 rings (SSSR count). The van der Waals surface area contributed by atoms with Crippen molar-refractivity contribution >= 4 is 17.5 Å². The fraction of sp³-hybridized carbons (Fsp3) is 0.304. The molecule has 0 saturated carbocycles. The molecule has 1 aliphatic rings. The van der Waals surface area contributed by atoms with E-state index in [0.717, 1.165) is 12.8 Å². The zero-order valence-corrected chi connectivity index (χ0v) is 17.3. The lowest BCUT2D eigenvalue weighted by atomic mass is 10.0. The van der Waals surface area contributed by atoms with Gasteiger partial charge < -0.3 is 24.4 Å². The number of anilines is 1. The van der Waals surface area contributed by atoms with Gasteiger partial charge >= 0.3 is 0 Å². The van der Waals surface area contributed by atoms with Gasteiger partial charge in [-0.05, 0) is 43.2 Å². The Morgan fingerprint density at radius 1 is 1.00 bits per heavy atom. The average molecular weight is 410 g/mol. The number of carbonyl (C=O) groups excluding carboxylic acids is 2. The second-order valence-electron chi connectivity index (χ2n) is 6.94. The lowest BCUT2D eigenvalue weighted by molar-refractivity contribution is -0.118. The lowest BCUT2D eigenvalue weighted by Gasteiger charge is -2.28. The van der Waals surface area contributed by atoms with E-state index in [0.29, 0.717) is 41.6 Å². The molecule has 7 nitrogen and oxygen atoms in total. The first-order valence-corrected chi connectivity index (χ1v) is 9.71. The third-order valence-electron chi connectivity index (χ3n) is 4.91. The number of hydrogen-bond donors (Lipinski definition) is 1. The van der Waals surface area contributed by atoms with Crippen LogP contribution >= 0.6 is 0 Å². The molecule has 0 aromatic heterocycles. The summed E-state index contributed by atoms with van der Waals surface area (Å²) in [5, 5.41) is 2.75. The molecule has 0 atom stereocenters. The number of likely N-dealkylation sites (tertiary alicyclic amines) is 1. The highest BCUT2D eigenvalue weighted by Gasteiger charge is 2.21. The Morgan fingerprint density at radius 3 is 2.40 bits per heavy atom. The molecule has 1 fully saturated rings. The highest BCUT2D eigenvalue weighted by Crippen LogP contribution is 2.29. The van der Waals surface area contributed by atoms with E-state index in [2.05, 4.69) is 11.9 Å². The van der Waals surface area contributed by atoms with E-state index < -0.39 is 0 Å². The van der Waals surface area contributed by atoms with Gasteiger partial charge in [-0.25, -0.2) is 0 Å². The Labute approximate surface area is 176 Å².